The minimum absolute atomic E-state index is 0.188. The lowest BCUT2D eigenvalue weighted by atomic mass is 9.97. The first-order valence-electron chi connectivity index (χ1n) is 11.6. The third-order valence-corrected chi connectivity index (χ3v) is 6.14. The molecule has 0 saturated carbocycles. The van der Waals surface area contributed by atoms with E-state index in [9.17, 15) is 4.39 Å². The van der Waals surface area contributed by atoms with Crippen LogP contribution in [0.2, 0.25) is 0 Å². The van der Waals surface area contributed by atoms with Gasteiger partial charge >= 0.3 is 0 Å². The van der Waals surface area contributed by atoms with E-state index in [2.05, 4.69) is 20.0 Å². The summed E-state index contributed by atoms with van der Waals surface area (Å²) >= 11 is 0. The normalized spacial score (nSPS) is 14.9. The number of benzene rings is 2. The topological polar surface area (TPSA) is 64.3 Å². The van der Waals surface area contributed by atoms with Crippen LogP contribution in [-0.2, 0) is 6.54 Å². The van der Waals surface area contributed by atoms with Gasteiger partial charge in [0.15, 0.2) is 0 Å². The van der Waals surface area contributed by atoms with Crippen LogP contribution in [0.25, 0.3) is 23.0 Å². The monoisotopic (exact) mass is 458 g/mol. The van der Waals surface area contributed by atoms with Gasteiger partial charge in [0.2, 0.25) is 5.82 Å². The van der Waals surface area contributed by atoms with E-state index >= 15 is 0 Å². The highest BCUT2D eigenvalue weighted by atomic mass is 19.1. The summed E-state index contributed by atoms with van der Waals surface area (Å²) in [6.07, 6.45) is 2.16. The van der Waals surface area contributed by atoms with Crippen molar-refractivity contribution in [1.29, 1.82) is 0 Å². The van der Waals surface area contributed by atoms with Crippen molar-refractivity contribution in [2.24, 2.45) is 5.92 Å². The number of rotatable bonds is 7. The molecule has 0 N–H and O–H groups in total. The Labute approximate surface area is 198 Å². The molecule has 0 bridgehead atoms. The number of halogens is 1. The molecule has 2 aromatic carbocycles. The molecule has 1 aliphatic rings. The maximum atomic E-state index is 13.1. The lowest BCUT2D eigenvalue weighted by Crippen LogP contribution is -2.35. The summed E-state index contributed by atoms with van der Waals surface area (Å²) in [4.78, 5) is 11.4. The second-order valence-electron chi connectivity index (χ2n) is 8.77. The van der Waals surface area contributed by atoms with Gasteiger partial charge in [-0.05, 0) is 86.8 Å². The number of ether oxygens (including phenoxy) is 1. The van der Waals surface area contributed by atoms with Crippen molar-refractivity contribution in [3.63, 3.8) is 0 Å². The third-order valence-electron chi connectivity index (χ3n) is 6.14. The predicted molar refractivity (Wildman–Crippen MR) is 128 cm³/mol. The van der Waals surface area contributed by atoms with Gasteiger partial charge in [-0.25, -0.2) is 9.37 Å². The molecule has 174 valence electrons. The summed E-state index contributed by atoms with van der Waals surface area (Å²) in [5.41, 5.74) is 3.56. The largest absolute Gasteiger partial charge is 0.493 e. The van der Waals surface area contributed by atoms with Crippen LogP contribution in [-0.4, -0.2) is 39.7 Å². The Morgan fingerprint density at radius 1 is 1.00 bits per heavy atom. The summed E-state index contributed by atoms with van der Waals surface area (Å²) in [5, 5.41) is 4.08. The zero-order valence-electron chi connectivity index (χ0n) is 19.2. The molecule has 3 heterocycles. The molecule has 5 rings (SSSR count). The van der Waals surface area contributed by atoms with Gasteiger partial charge in [-0.3, -0.25) is 4.90 Å². The highest BCUT2D eigenvalue weighted by Gasteiger charge is 2.20. The molecule has 34 heavy (non-hydrogen) atoms. The molecule has 4 aromatic rings. The molecular weight excluding hydrogens is 431 g/mol. The molecule has 7 heteroatoms. The number of nitrogens with zero attached hydrogens (tertiary/aromatic N) is 4. The van der Waals surface area contributed by atoms with E-state index in [0.717, 1.165) is 55.0 Å². The van der Waals surface area contributed by atoms with E-state index < -0.39 is 0 Å². The van der Waals surface area contributed by atoms with Crippen LogP contribution in [0.1, 0.15) is 24.1 Å². The summed E-state index contributed by atoms with van der Waals surface area (Å²) in [6, 6.07) is 20.3. The number of piperidine rings is 1. The first-order valence-corrected chi connectivity index (χ1v) is 11.6. The fraction of sp³-hybridized carbons (Fsp3) is 0.296. The van der Waals surface area contributed by atoms with Crippen molar-refractivity contribution in [3.8, 4) is 28.7 Å². The van der Waals surface area contributed by atoms with Crippen molar-refractivity contribution in [3.05, 3.63) is 83.8 Å². The van der Waals surface area contributed by atoms with Crippen LogP contribution in [0.4, 0.5) is 4.39 Å². The summed E-state index contributed by atoms with van der Waals surface area (Å²) in [5.74, 6) is 2.02. The van der Waals surface area contributed by atoms with Crippen molar-refractivity contribution in [2.45, 2.75) is 26.3 Å². The quantitative estimate of drug-likeness (QED) is 0.362. The van der Waals surface area contributed by atoms with Crippen LogP contribution in [0, 0.1) is 18.7 Å². The second kappa shape index (κ2) is 10.1. The zero-order valence-corrected chi connectivity index (χ0v) is 19.2. The molecule has 0 radical (unpaired) electrons. The maximum absolute atomic E-state index is 13.1. The van der Waals surface area contributed by atoms with Crippen LogP contribution in [0.3, 0.4) is 0 Å². The number of aromatic nitrogens is 3. The lowest BCUT2D eigenvalue weighted by molar-refractivity contribution is 0.136. The van der Waals surface area contributed by atoms with Gasteiger partial charge in [0.25, 0.3) is 5.89 Å². The van der Waals surface area contributed by atoms with Gasteiger partial charge < -0.3 is 9.26 Å². The van der Waals surface area contributed by atoms with E-state index in [-0.39, 0.29) is 5.82 Å². The van der Waals surface area contributed by atoms with Crippen molar-refractivity contribution in [1.82, 2.24) is 20.0 Å². The summed E-state index contributed by atoms with van der Waals surface area (Å²) in [7, 11) is 0. The number of pyridine rings is 1. The van der Waals surface area contributed by atoms with E-state index in [0.29, 0.717) is 29.9 Å². The highest BCUT2D eigenvalue weighted by molar-refractivity contribution is 5.59. The summed E-state index contributed by atoms with van der Waals surface area (Å²) in [6.45, 7) is 5.50. The first kappa shape index (κ1) is 22.2. The van der Waals surface area contributed by atoms with E-state index in [1.807, 2.05) is 61.5 Å². The SMILES string of the molecule is Cc1cccc(-c2noc(-c3cccc(OCC4CCN(Cc5ccc(F)cc5)CC4)c3)n2)n1. The Kier molecular flexibility index (Phi) is 6.62. The fourth-order valence-electron chi connectivity index (χ4n) is 4.20. The molecule has 1 saturated heterocycles. The zero-order chi connectivity index (χ0) is 23.3. The minimum Gasteiger partial charge on any atom is -0.493 e. The Bertz CT molecular complexity index is 1230. The fourth-order valence-corrected chi connectivity index (χ4v) is 4.20. The molecule has 2 aromatic heterocycles. The Hall–Kier alpha value is -3.58. The Morgan fingerprint density at radius 2 is 1.79 bits per heavy atom. The molecule has 0 unspecified atom stereocenters. The average molecular weight is 459 g/mol. The number of likely N-dealkylation sites (tertiary alicyclic amines) is 1. The number of hydrogen-bond acceptors (Lipinski definition) is 6. The van der Waals surface area contributed by atoms with E-state index in [1.54, 1.807) is 0 Å². The molecule has 0 spiro atoms. The standard InChI is InChI=1S/C27H27FN4O2/c1-19-4-2-7-25(29-19)26-30-27(34-31-26)22-5-3-6-24(16-22)33-18-21-12-14-32(15-13-21)17-20-8-10-23(28)11-9-20/h2-11,16,21H,12-15,17-18H2,1H3. The van der Waals surface area contributed by atoms with Crippen LogP contribution in [0.5, 0.6) is 5.75 Å². The minimum atomic E-state index is -0.188. The summed E-state index contributed by atoms with van der Waals surface area (Å²) < 4.78 is 24.7. The van der Waals surface area contributed by atoms with Gasteiger partial charge in [0.1, 0.15) is 17.3 Å². The third kappa shape index (κ3) is 5.48. The van der Waals surface area contributed by atoms with Crippen molar-refractivity contribution in [2.75, 3.05) is 19.7 Å². The molecule has 6 nitrogen and oxygen atoms in total. The van der Waals surface area contributed by atoms with Gasteiger partial charge in [-0.1, -0.05) is 29.4 Å². The van der Waals surface area contributed by atoms with Crippen molar-refractivity contribution < 1.29 is 13.7 Å². The second-order valence-corrected chi connectivity index (χ2v) is 8.77. The number of aryl methyl sites for hydroxylation is 1. The molecule has 0 amide bonds. The van der Waals surface area contributed by atoms with Crippen molar-refractivity contribution >= 4 is 0 Å². The Balaban J connectivity index is 1.14. The van der Waals surface area contributed by atoms with Gasteiger partial charge in [0, 0.05) is 17.8 Å². The molecule has 0 atom stereocenters. The molecule has 1 fully saturated rings. The first-order chi connectivity index (χ1) is 16.6. The van der Waals surface area contributed by atoms with Gasteiger partial charge in [0.05, 0.1) is 6.61 Å². The smallest absolute Gasteiger partial charge is 0.258 e. The molecule has 1 aliphatic heterocycles. The maximum Gasteiger partial charge on any atom is 0.258 e. The van der Waals surface area contributed by atoms with Gasteiger partial charge in [-0.2, -0.15) is 4.98 Å². The predicted octanol–water partition coefficient (Wildman–Crippen LogP) is 5.54. The van der Waals surface area contributed by atoms with Crippen LogP contribution < -0.4 is 4.74 Å². The van der Waals surface area contributed by atoms with Crippen LogP contribution in [0.15, 0.2) is 71.3 Å². The highest BCUT2D eigenvalue weighted by Crippen LogP contribution is 2.26. The van der Waals surface area contributed by atoms with Gasteiger partial charge in [-0.15, -0.1) is 0 Å². The average Bonchev–Trinajstić information content (AvgIpc) is 3.36. The van der Waals surface area contributed by atoms with E-state index in [1.165, 1.54) is 12.1 Å². The lowest BCUT2D eigenvalue weighted by Gasteiger charge is -2.31. The van der Waals surface area contributed by atoms with Crippen LogP contribution >= 0.6 is 0 Å². The van der Waals surface area contributed by atoms with E-state index in [4.69, 9.17) is 9.26 Å². The molecule has 0 aliphatic carbocycles. The molecular formula is C27H27FN4O2. The Morgan fingerprint density at radius 3 is 2.59 bits per heavy atom. The number of hydrogen-bond donors (Lipinski definition) is 0.